The maximum Gasteiger partial charge on any atom is 0.251 e. The second kappa shape index (κ2) is 4.09. The first kappa shape index (κ1) is 9.65. The van der Waals surface area contributed by atoms with Gasteiger partial charge in [-0.25, -0.2) is 4.68 Å². The van der Waals surface area contributed by atoms with E-state index in [2.05, 4.69) is 5.10 Å². The molecule has 0 fully saturated rings. The van der Waals surface area contributed by atoms with Crippen LogP contribution >= 0.6 is 0 Å². The number of rotatable bonds is 2. The molecule has 0 amide bonds. The molecular weight excluding hydrogens is 188 g/mol. The predicted molar refractivity (Wildman–Crippen MR) is 57.7 cm³/mol. The molecule has 1 aromatic heterocycles. The molecule has 1 aromatic carbocycles. The van der Waals surface area contributed by atoms with Gasteiger partial charge in [0.2, 0.25) is 0 Å². The highest BCUT2D eigenvalue weighted by atomic mass is 16.2. The first-order valence-electron chi connectivity index (χ1n) is 4.84. The molecule has 15 heavy (non-hydrogen) atoms. The fraction of sp³-hybridized carbons (Fsp3) is 0.167. The molecular formula is C12H12N2O. The lowest BCUT2D eigenvalue weighted by Gasteiger charge is -2.01. The first-order valence-corrected chi connectivity index (χ1v) is 4.84. The van der Waals surface area contributed by atoms with Gasteiger partial charge in [-0.2, -0.15) is 5.10 Å². The molecule has 0 aliphatic rings. The highest BCUT2D eigenvalue weighted by molar-refractivity contribution is 5.80. The number of aromatic nitrogens is 2. The van der Waals surface area contributed by atoms with E-state index in [1.54, 1.807) is 18.5 Å². The Morgan fingerprint density at radius 3 is 2.67 bits per heavy atom. The minimum Gasteiger partial charge on any atom is -0.272 e. The number of carbonyl (C=O) groups excluding carboxylic acids is 1. The molecule has 0 saturated carbocycles. The van der Waals surface area contributed by atoms with Gasteiger partial charge in [0.25, 0.3) is 5.91 Å². The van der Waals surface area contributed by atoms with E-state index in [1.807, 2.05) is 31.2 Å². The maximum absolute atomic E-state index is 11.7. The van der Waals surface area contributed by atoms with Crippen molar-refractivity contribution >= 4 is 5.91 Å². The Morgan fingerprint density at radius 2 is 2.07 bits per heavy atom. The summed E-state index contributed by atoms with van der Waals surface area (Å²) < 4.78 is 1.36. The highest BCUT2D eigenvalue weighted by Crippen LogP contribution is 2.04. The topological polar surface area (TPSA) is 34.9 Å². The predicted octanol–water partition coefficient (Wildman–Crippen LogP) is 2.07. The summed E-state index contributed by atoms with van der Waals surface area (Å²) in [5.74, 6) is -0.0103. The summed E-state index contributed by atoms with van der Waals surface area (Å²) in [4.78, 5) is 11.7. The van der Waals surface area contributed by atoms with Crippen molar-refractivity contribution in [2.24, 2.45) is 0 Å². The summed E-state index contributed by atoms with van der Waals surface area (Å²) >= 11 is 0. The number of hydrogen-bond acceptors (Lipinski definition) is 2. The summed E-state index contributed by atoms with van der Waals surface area (Å²) in [6.07, 6.45) is 3.66. The lowest BCUT2D eigenvalue weighted by atomic mass is 10.1. The molecule has 76 valence electrons. The molecule has 0 atom stereocenters. The van der Waals surface area contributed by atoms with E-state index in [-0.39, 0.29) is 5.91 Å². The van der Waals surface area contributed by atoms with E-state index in [0.29, 0.717) is 6.42 Å². The largest absolute Gasteiger partial charge is 0.272 e. The second-order valence-electron chi connectivity index (χ2n) is 3.51. The molecule has 0 N–H and O–H groups in total. The summed E-state index contributed by atoms with van der Waals surface area (Å²) in [5, 5.41) is 3.90. The number of nitrogens with zero attached hydrogens (tertiary/aromatic N) is 2. The van der Waals surface area contributed by atoms with Crippen LogP contribution in [0.3, 0.4) is 0 Å². The SMILES string of the molecule is Cc1ccc(CC(=O)n2cccn2)cc1. The maximum atomic E-state index is 11.7. The minimum atomic E-state index is -0.0103. The van der Waals surface area contributed by atoms with Crippen LogP contribution in [0.5, 0.6) is 0 Å². The molecule has 0 aliphatic heterocycles. The Hall–Kier alpha value is -1.90. The minimum absolute atomic E-state index is 0.0103. The fourth-order valence-electron chi connectivity index (χ4n) is 1.38. The van der Waals surface area contributed by atoms with Crippen LogP contribution in [0.25, 0.3) is 0 Å². The third-order valence-electron chi connectivity index (χ3n) is 2.24. The number of aryl methyl sites for hydroxylation is 1. The zero-order chi connectivity index (χ0) is 10.7. The second-order valence-corrected chi connectivity index (χ2v) is 3.51. The van der Waals surface area contributed by atoms with Crippen molar-refractivity contribution in [3.8, 4) is 0 Å². The van der Waals surface area contributed by atoms with Gasteiger partial charge in [-0.3, -0.25) is 4.79 Å². The zero-order valence-corrected chi connectivity index (χ0v) is 8.55. The van der Waals surface area contributed by atoms with Crippen LogP contribution in [0.15, 0.2) is 42.7 Å². The average molecular weight is 200 g/mol. The molecule has 0 bridgehead atoms. The Morgan fingerprint density at radius 1 is 1.33 bits per heavy atom. The summed E-state index contributed by atoms with van der Waals surface area (Å²) in [7, 11) is 0. The van der Waals surface area contributed by atoms with Crippen molar-refractivity contribution in [1.82, 2.24) is 9.78 Å². The number of carbonyl (C=O) groups is 1. The van der Waals surface area contributed by atoms with Crippen LogP contribution in [0.1, 0.15) is 15.9 Å². The van der Waals surface area contributed by atoms with Crippen molar-refractivity contribution in [3.63, 3.8) is 0 Å². The van der Waals surface area contributed by atoms with Crippen LogP contribution in [0.4, 0.5) is 0 Å². The van der Waals surface area contributed by atoms with E-state index < -0.39 is 0 Å². The van der Waals surface area contributed by atoms with E-state index in [0.717, 1.165) is 5.56 Å². The molecule has 3 nitrogen and oxygen atoms in total. The zero-order valence-electron chi connectivity index (χ0n) is 8.55. The smallest absolute Gasteiger partial charge is 0.251 e. The molecule has 0 spiro atoms. The van der Waals surface area contributed by atoms with Crippen molar-refractivity contribution in [1.29, 1.82) is 0 Å². The van der Waals surface area contributed by atoms with Crippen molar-refractivity contribution in [3.05, 3.63) is 53.9 Å². The Kier molecular flexibility index (Phi) is 2.63. The van der Waals surface area contributed by atoms with Gasteiger partial charge in [0, 0.05) is 12.4 Å². The molecule has 0 unspecified atom stereocenters. The van der Waals surface area contributed by atoms with Crippen LogP contribution in [-0.4, -0.2) is 15.7 Å². The van der Waals surface area contributed by atoms with Gasteiger partial charge in [0.1, 0.15) is 0 Å². The van der Waals surface area contributed by atoms with Crippen LogP contribution in [-0.2, 0) is 6.42 Å². The highest BCUT2D eigenvalue weighted by Gasteiger charge is 2.05. The van der Waals surface area contributed by atoms with E-state index in [1.165, 1.54) is 10.2 Å². The van der Waals surface area contributed by atoms with Crippen molar-refractivity contribution in [2.45, 2.75) is 13.3 Å². The third-order valence-corrected chi connectivity index (χ3v) is 2.24. The van der Waals surface area contributed by atoms with E-state index >= 15 is 0 Å². The molecule has 3 heteroatoms. The Labute approximate surface area is 88.4 Å². The molecule has 0 radical (unpaired) electrons. The number of benzene rings is 1. The molecule has 1 heterocycles. The van der Waals surface area contributed by atoms with Gasteiger partial charge in [-0.1, -0.05) is 29.8 Å². The molecule has 2 rings (SSSR count). The fourth-order valence-corrected chi connectivity index (χ4v) is 1.38. The van der Waals surface area contributed by atoms with Gasteiger partial charge in [0.15, 0.2) is 0 Å². The Bertz CT molecular complexity index is 443. The van der Waals surface area contributed by atoms with Gasteiger partial charge < -0.3 is 0 Å². The van der Waals surface area contributed by atoms with Crippen LogP contribution < -0.4 is 0 Å². The van der Waals surface area contributed by atoms with Gasteiger partial charge in [-0.15, -0.1) is 0 Å². The lowest BCUT2D eigenvalue weighted by molar-refractivity contribution is 0.0898. The Balaban J connectivity index is 2.09. The van der Waals surface area contributed by atoms with Gasteiger partial charge >= 0.3 is 0 Å². The average Bonchev–Trinajstić information content (AvgIpc) is 2.74. The van der Waals surface area contributed by atoms with Crippen molar-refractivity contribution < 1.29 is 4.79 Å². The first-order chi connectivity index (χ1) is 7.25. The van der Waals surface area contributed by atoms with Gasteiger partial charge in [0.05, 0.1) is 6.42 Å². The molecule has 2 aromatic rings. The number of hydrogen-bond donors (Lipinski definition) is 0. The normalized spacial score (nSPS) is 10.2. The summed E-state index contributed by atoms with van der Waals surface area (Å²) in [6.45, 7) is 2.03. The standard InChI is InChI=1S/C12H12N2O/c1-10-3-5-11(6-4-10)9-12(15)14-8-2-7-13-14/h2-8H,9H2,1H3. The van der Waals surface area contributed by atoms with Crippen LogP contribution in [0, 0.1) is 6.92 Å². The van der Waals surface area contributed by atoms with E-state index in [9.17, 15) is 4.79 Å². The van der Waals surface area contributed by atoms with Crippen molar-refractivity contribution in [2.75, 3.05) is 0 Å². The molecule has 0 aliphatic carbocycles. The summed E-state index contributed by atoms with van der Waals surface area (Å²) in [6, 6.07) is 9.69. The quantitative estimate of drug-likeness (QED) is 0.743. The lowest BCUT2D eigenvalue weighted by Crippen LogP contribution is -2.13. The third kappa shape index (κ3) is 2.31. The van der Waals surface area contributed by atoms with Gasteiger partial charge in [-0.05, 0) is 18.6 Å². The summed E-state index contributed by atoms with van der Waals surface area (Å²) in [5.41, 5.74) is 2.21. The molecule has 0 saturated heterocycles. The monoisotopic (exact) mass is 200 g/mol. The van der Waals surface area contributed by atoms with Crippen LogP contribution in [0.2, 0.25) is 0 Å². The van der Waals surface area contributed by atoms with E-state index in [4.69, 9.17) is 0 Å².